The molecule has 0 fully saturated rings. The zero-order valence-corrected chi connectivity index (χ0v) is 14.4. The van der Waals surface area contributed by atoms with Gasteiger partial charge in [-0.05, 0) is 24.6 Å². The van der Waals surface area contributed by atoms with Crippen molar-refractivity contribution in [2.45, 2.75) is 12.7 Å². The predicted octanol–water partition coefficient (Wildman–Crippen LogP) is 3.08. The van der Waals surface area contributed by atoms with Crippen molar-refractivity contribution in [1.29, 1.82) is 0 Å². The summed E-state index contributed by atoms with van der Waals surface area (Å²) in [6.45, 7) is 1.78. The molecule has 0 radical (unpaired) electrons. The van der Waals surface area contributed by atoms with Gasteiger partial charge in [-0.1, -0.05) is 6.07 Å². The van der Waals surface area contributed by atoms with Crippen LogP contribution in [-0.4, -0.2) is 21.0 Å². The number of anilines is 1. The Balaban J connectivity index is 1.57. The molecule has 0 aliphatic carbocycles. The molecule has 0 saturated heterocycles. The van der Waals surface area contributed by atoms with Crippen molar-refractivity contribution in [3.8, 4) is 0 Å². The third kappa shape index (κ3) is 3.82. The van der Waals surface area contributed by atoms with Gasteiger partial charge in [0.2, 0.25) is 5.91 Å². The molecule has 0 bridgehead atoms. The summed E-state index contributed by atoms with van der Waals surface area (Å²) in [5, 5.41) is 4.34. The summed E-state index contributed by atoms with van der Waals surface area (Å²) in [5.41, 5.74) is 1.45. The quantitative estimate of drug-likeness (QED) is 0.757. The minimum atomic E-state index is -0.453. The van der Waals surface area contributed by atoms with Crippen molar-refractivity contribution in [2.24, 2.45) is 0 Å². The molecule has 3 rings (SSSR count). The van der Waals surface area contributed by atoms with Crippen molar-refractivity contribution >= 4 is 39.7 Å². The number of thioether (sulfide) groups is 1. The van der Waals surface area contributed by atoms with Gasteiger partial charge < -0.3 is 5.32 Å². The molecule has 0 spiro atoms. The molecule has 24 heavy (non-hydrogen) atoms. The Kier molecular flexibility index (Phi) is 4.96. The Morgan fingerprint density at radius 1 is 1.42 bits per heavy atom. The zero-order valence-electron chi connectivity index (χ0n) is 12.8. The fourth-order valence-electron chi connectivity index (χ4n) is 2.12. The Morgan fingerprint density at radius 3 is 3.04 bits per heavy atom. The average molecular weight is 363 g/mol. The summed E-state index contributed by atoms with van der Waals surface area (Å²) in [6, 6.07) is 6.11. The Hall–Kier alpha value is -2.19. The highest BCUT2D eigenvalue weighted by atomic mass is 32.2. The number of nitrogens with one attached hydrogen (secondary N) is 1. The molecule has 124 valence electrons. The molecule has 0 unspecified atom stereocenters. The Morgan fingerprint density at radius 2 is 2.25 bits per heavy atom. The first-order valence-electron chi connectivity index (χ1n) is 7.12. The highest BCUT2D eigenvalue weighted by molar-refractivity contribution is 7.99. The molecule has 0 aliphatic heterocycles. The van der Waals surface area contributed by atoms with E-state index in [0.717, 1.165) is 5.56 Å². The maximum absolute atomic E-state index is 13.7. The van der Waals surface area contributed by atoms with E-state index in [1.165, 1.54) is 39.6 Å². The maximum atomic E-state index is 13.7. The number of aromatic nitrogens is 2. The van der Waals surface area contributed by atoms with Gasteiger partial charge in [-0.2, -0.15) is 0 Å². The van der Waals surface area contributed by atoms with Crippen LogP contribution in [0, 0.1) is 12.7 Å². The summed E-state index contributed by atoms with van der Waals surface area (Å²) < 4.78 is 15.2. The van der Waals surface area contributed by atoms with Gasteiger partial charge in [0, 0.05) is 23.4 Å². The molecule has 8 heteroatoms. The molecule has 3 aromatic rings. The predicted molar refractivity (Wildman–Crippen MR) is 95.3 cm³/mol. The molecule has 5 nitrogen and oxygen atoms in total. The number of thiazole rings is 1. The van der Waals surface area contributed by atoms with Crippen molar-refractivity contribution in [2.75, 3.05) is 11.1 Å². The summed E-state index contributed by atoms with van der Waals surface area (Å²) in [5.74, 6) is -0.158. The molecule has 0 saturated carbocycles. The van der Waals surface area contributed by atoms with Gasteiger partial charge in [0.15, 0.2) is 4.96 Å². The smallest absolute Gasteiger partial charge is 0.258 e. The second-order valence-corrected chi connectivity index (χ2v) is 7.02. The van der Waals surface area contributed by atoms with Crippen LogP contribution in [0.4, 0.5) is 10.1 Å². The van der Waals surface area contributed by atoms with Crippen LogP contribution in [0.1, 0.15) is 11.3 Å². The van der Waals surface area contributed by atoms with Crippen LogP contribution in [0.5, 0.6) is 0 Å². The number of halogens is 1. The second-order valence-electron chi connectivity index (χ2n) is 5.17. The number of nitrogens with zero attached hydrogens (tertiary/aromatic N) is 2. The minimum absolute atomic E-state index is 0.136. The van der Waals surface area contributed by atoms with E-state index in [2.05, 4.69) is 10.3 Å². The number of amides is 1. The van der Waals surface area contributed by atoms with E-state index >= 15 is 0 Å². The molecule has 0 atom stereocenters. The Labute approximate surface area is 145 Å². The lowest BCUT2D eigenvalue weighted by Gasteiger charge is -2.07. The first-order chi connectivity index (χ1) is 11.5. The zero-order chi connectivity index (χ0) is 17.1. The molecule has 2 aromatic heterocycles. The van der Waals surface area contributed by atoms with Crippen molar-refractivity contribution in [3.63, 3.8) is 0 Å². The van der Waals surface area contributed by atoms with E-state index in [1.54, 1.807) is 30.6 Å². The molecular formula is C16H14FN3O2S2. The van der Waals surface area contributed by atoms with Crippen LogP contribution in [-0.2, 0) is 10.5 Å². The highest BCUT2D eigenvalue weighted by Gasteiger charge is 2.09. The summed E-state index contributed by atoms with van der Waals surface area (Å²) in [4.78, 5) is 28.8. The Bertz CT molecular complexity index is 952. The van der Waals surface area contributed by atoms with E-state index in [0.29, 0.717) is 16.4 Å². The number of benzene rings is 1. The lowest BCUT2D eigenvalue weighted by Crippen LogP contribution is -2.16. The van der Waals surface area contributed by atoms with E-state index in [-0.39, 0.29) is 22.9 Å². The fourth-order valence-corrected chi connectivity index (χ4v) is 3.57. The van der Waals surface area contributed by atoms with Crippen LogP contribution < -0.4 is 10.9 Å². The monoisotopic (exact) mass is 363 g/mol. The standard InChI is InChI=1S/C16H14FN3O2S2/c1-10-2-3-13(12(17)6-10)19-14(21)9-23-8-11-7-15(22)20-4-5-24-16(20)18-11/h2-7H,8-9H2,1H3,(H,19,21). The normalized spacial score (nSPS) is 10.9. The van der Waals surface area contributed by atoms with Gasteiger partial charge in [0.25, 0.3) is 5.56 Å². The third-order valence-electron chi connectivity index (χ3n) is 3.24. The SMILES string of the molecule is Cc1ccc(NC(=O)CSCc2cc(=O)n3ccsc3n2)c(F)c1. The fraction of sp³-hybridized carbons (Fsp3) is 0.188. The van der Waals surface area contributed by atoms with E-state index < -0.39 is 5.82 Å². The number of hydrogen-bond donors (Lipinski definition) is 1. The lowest BCUT2D eigenvalue weighted by molar-refractivity contribution is -0.113. The van der Waals surface area contributed by atoms with Crippen molar-refractivity contribution in [1.82, 2.24) is 9.38 Å². The molecule has 1 aromatic carbocycles. The summed E-state index contributed by atoms with van der Waals surface area (Å²) in [7, 11) is 0. The first kappa shape index (κ1) is 16.7. The van der Waals surface area contributed by atoms with Crippen LogP contribution in [0.25, 0.3) is 4.96 Å². The van der Waals surface area contributed by atoms with Crippen molar-refractivity contribution < 1.29 is 9.18 Å². The van der Waals surface area contributed by atoms with Gasteiger partial charge in [-0.15, -0.1) is 23.1 Å². The largest absolute Gasteiger partial charge is 0.323 e. The molecule has 0 aliphatic rings. The molecular weight excluding hydrogens is 349 g/mol. The highest BCUT2D eigenvalue weighted by Crippen LogP contribution is 2.17. The van der Waals surface area contributed by atoms with E-state index in [1.807, 2.05) is 0 Å². The van der Waals surface area contributed by atoms with Crippen LogP contribution >= 0.6 is 23.1 Å². The maximum Gasteiger partial charge on any atom is 0.258 e. The first-order valence-corrected chi connectivity index (χ1v) is 9.16. The van der Waals surface area contributed by atoms with Gasteiger partial charge in [0.1, 0.15) is 5.82 Å². The number of fused-ring (bicyclic) bond motifs is 1. The van der Waals surface area contributed by atoms with Crippen LogP contribution in [0.15, 0.2) is 40.6 Å². The van der Waals surface area contributed by atoms with Crippen LogP contribution in [0.2, 0.25) is 0 Å². The summed E-state index contributed by atoms with van der Waals surface area (Å²) in [6.07, 6.45) is 1.68. The third-order valence-corrected chi connectivity index (χ3v) is 4.96. The van der Waals surface area contributed by atoms with Gasteiger partial charge in [-0.3, -0.25) is 14.0 Å². The van der Waals surface area contributed by atoms with Gasteiger partial charge in [-0.25, -0.2) is 9.37 Å². The van der Waals surface area contributed by atoms with Gasteiger partial charge in [0.05, 0.1) is 17.1 Å². The van der Waals surface area contributed by atoms with Gasteiger partial charge >= 0.3 is 0 Å². The van der Waals surface area contributed by atoms with Crippen molar-refractivity contribution in [3.05, 3.63) is 63.3 Å². The average Bonchev–Trinajstić information content (AvgIpc) is 2.99. The summed E-state index contributed by atoms with van der Waals surface area (Å²) >= 11 is 2.70. The van der Waals surface area contributed by atoms with E-state index in [4.69, 9.17) is 0 Å². The number of aryl methyl sites for hydroxylation is 1. The number of carbonyl (C=O) groups excluding carboxylic acids is 1. The molecule has 1 N–H and O–H groups in total. The number of rotatable bonds is 5. The lowest BCUT2D eigenvalue weighted by atomic mass is 10.2. The number of hydrogen-bond acceptors (Lipinski definition) is 5. The second kappa shape index (κ2) is 7.14. The number of carbonyl (C=O) groups is 1. The van der Waals surface area contributed by atoms with E-state index in [9.17, 15) is 14.0 Å². The topological polar surface area (TPSA) is 63.5 Å². The molecule has 2 heterocycles. The minimum Gasteiger partial charge on any atom is -0.323 e. The molecule has 1 amide bonds. The van der Waals surface area contributed by atoms with Crippen LogP contribution in [0.3, 0.4) is 0 Å².